The quantitative estimate of drug-likeness (QED) is 0.756. The number of likely N-dealkylation sites (N-methyl/N-ethyl adjacent to an activating group) is 1. The second-order valence-corrected chi connectivity index (χ2v) is 11.4. The van der Waals surface area contributed by atoms with Crippen LogP contribution in [0.15, 0.2) is 18.2 Å². The summed E-state index contributed by atoms with van der Waals surface area (Å²) in [7, 11) is -1.03. The van der Waals surface area contributed by atoms with Crippen LogP contribution in [0.4, 0.5) is 0 Å². The van der Waals surface area contributed by atoms with E-state index in [4.69, 9.17) is 0 Å². The van der Waals surface area contributed by atoms with Gasteiger partial charge >= 0.3 is 0 Å². The zero-order chi connectivity index (χ0) is 20.1. The van der Waals surface area contributed by atoms with E-state index in [0.29, 0.717) is 18.7 Å². The van der Waals surface area contributed by atoms with Gasteiger partial charge in [-0.05, 0) is 44.9 Å². The molecule has 0 N–H and O–H groups in total. The van der Waals surface area contributed by atoms with Gasteiger partial charge in [-0.15, -0.1) is 0 Å². The Morgan fingerprint density at radius 1 is 1.14 bits per heavy atom. The van der Waals surface area contributed by atoms with Crippen molar-refractivity contribution in [2.24, 2.45) is 5.92 Å². The van der Waals surface area contributed by atoms with Crippen molar-refractivity contribution >= 4 is 15.7 Å². The molecule has 3 aliphatic heterocycles. The molecule has 1 amide bonds. The van der Waals surface area contributed by atoms with Crippen LogP contribution in [-0.2, 0) is 9.84 Å². The lowest BCUT2D eigenvalue weighted by molar-refractivity contribution is 0.0390. The standard InChI is InChI=1S/C21H31N3O3S/c1-16-4-5-19(17(2)12-16)20(25)24-14-21(15-24)18(6-11-28(21,26)27)13-23-9-7-22(3)8-10-23/h4-5,12,18H,6-11,13-15H2,1-3H3. The molecule has 28 heavy (non-hydrogen) atoms. The zero-order valence-corrected chi connectivity index (χ0v) is 18.0. The fraction of sp³-hybridized carbons (Fsp3) is 0.667. The van der Waals surface area contributed by atoms with Crippen molar-refractivity contribution in [3.63, 3.8) is 0 Å². The lowest BCUT2D eigenvalue weighted by atomic mass is 9.82. The van der Waals surface area contributed by atoms with Gasteiger partial charge in [0.05, 0.1) is 5.75 Å². The number of sulfone groups is 1. The molecule has 3 heterocycles. The molecule has 1 spiro atoms. The van der Waals surface area contributed by atoms with Gasteiger partial charge in [-0.3, -0.25) is 4.79 Å². The van der Waals surface area contributed by atoms with Crippen molar-refractivity contribution in [2.75, 3.05) is 58.6 Å². The molecule has 1 unspecified atom stereocenters. The summed E-state index contributed by atoms with van der Waals surface area (Å²) in [5.41, 5.74) is 2.76. The number of carbonyl (C=O) groups excluding carboxylic acids is 1. The van der Waals surface area contributed by atoms with E-state index in [1.165, 1.54) is 0 Å². The predicted octanol–water partition coefficient (Wildman–Crippen LogP) is 1.18. The number of aryl methyl sites for hydroxylation is 2. The van der Waals surface area contributed by atoms with Crippen LogP contribution in [-0.4, -0.2) is 92.4 Å². The number of benzene rings is 1. The number of nitrogens with zero attached hydrogens (tertiary/aromatic N) is 3. The number of hydrogen-bond acceptors (Lipinski definition) is 5. The third kappa shape index (κ3) is 3.27. The van der Waals surface area contributed by atoms with Gasteiger partial charge in [-0.25, -0.2) is 8.42 Å². The minimum atomic E-state index is -3.16. The Balaban J connectivity index is 1.48. The summed E-state index contributed by atoms with van der Waals surface area (Å²) < 4.78 is 25.1. The van der Waals surface area contributed by atoms with Crippen molar-refractivity contribution in [3.8, 4) is 0 Å². The molecule has 0 aromatic heterocycles. The van der Waals surface area contributed by atoms with E-state index in [-0.39, 0.29) is 17.6 Å². The topological polar surface area (TPSA) is 60.9 Å². The molecule has 154 valence electrons. The van der Waals surface area contributed by atoms with Gasteiger partial charge in [0.15, 0.2) is 9.84 Å². The van der Waals surface area contributed by atoms with Crippen LogP contribution in [0.2, 0.25) is 0 Å². The molecule has 3 saturated heterocycles. The Morgan fingerprint density at radius 2 is 1.82 bits per heavy atom. The summed E-state index contributed by atoms with van der Waals surface area (Å²) in [5.74, 6) is 0.351. The van der Waals surface area contributed by atoms with Gasteiger partial charge in [0.1, 0.15) is 4.75 Å². The van der Waals surface area contributed by atoms with E-state index >= 15 is 0 Å². The number of carbonyl (C=O) groups is 1. The molecule has 4 rings (SSSR count). The average Bonchev–Trinajstić information content (AvgIpc) is 2.85. The van der Waals surface area contributed by atoms with Gasteiger partial charge in [0.25, 0.3) is 5.91 Å². The predicted molar refractivity (Wildman–Crippen MR) is 110 cm³/mol. The number of piperazine rings is 1. The Morgan fingerprint density at radius 3 is 2.46 bits per heavy atom. The largest absolute Gasteiger partial charge is 0.335 e. The lowest BCUT2D eigenvalue weighted by Crippen LogP contribution is -2.69. The number of amides is 1. The number of hydrogen-bond donors (Lipinski definition) is 0. The lowest BCUT2D eigenvalue weighted by Gasteiger charge is -2.51. The van der Waals surface area contributed by atoms with Crippen LogP contribution >= 0.6 is 0 Å². The summed E-state index contributed by atoms with van der Waals surface area (Å²) in [6.07, 6.45) is 0.722. The smallest absolute Gasteiger partial charge is 0.254 e. The van der Waals surface area contributed by atoms with E-state index in [9.17, 15) is 13.2 Å². The molecular formula is C21H31N3O3S. The molecule has 1 atom stereocenters. The highest BCUT2D eigenvalue weighted by atomic mass is 32.2. The molecule has 0 radical (unpaired) electrons. The van der Waals surface area contributed by atoms with E-state index in [0.717, 1.165) is 50.3 Å². The first-order chi connectivity index (χ1) is 13.2. The normalized spacial score (nSPS) is 27.1. The Hall–Kier alpha value is -1.44. The summed E-state index contributed by atoms with van der Waals surface area (Å²) in [5, 5.41) is 0. The Kier molecular flexibility index (Phi) is 5.04. The van der Waals surface area contributed by atoms with Crippen molar-refractivity contribution < 1.29 is 13.2 Å². The molecule has 3 aliphatic rings. The highest BCUT2D eigenvalue weighted by Gasteiger charge is 2.62. The van der Waals surface area contributed by atoms with Gasteiger partial charge in [-0.2, -0.15) is 0 Å². The fourth-order valence-corrected chi connectivity index (χ4v) is 7.45. The highest BCUT2D eigenvalue weighted by molar-refractivity contribution is 7.93. The minimum absolute atomic E-state index is 0.0384. The van der Waals surface area contributed by atoms with Crippen LogP contribution in [0.3, 0.4) is 0 Å². The number of rotatable bonds is 3. The maximum absolute atomic E-state index is 13.0. The summed E-state index contributed by atoms with van der Waals surface area (Å²) in [6, 6.07) is 5.81. The van der Waals surface area contributed by atoms with Crippen molar-refractivity contribution in [2.45, 2.75) is 25.0 Å². The first-order valence-electron chi connectivity index (χ1n) is 10.2. The minimum Gasteiger partial charge on any atom is -0.335 e. The maximum atomic E-state index is 13.0. The second-order valence-electron chi connectivity index (χ2n) is 8.95. The number of likely N-dealkylation sites (tertiary alicyclic amines) is 1. The van der Waals surface area contributed by atoms with Crippen molar-refractivity contribution in [1.82, 2.24) is 14.7 Å². The van der Waals surface area contributed by atoms with E-state index in [1.807, 2.05) is 32.0 Å². The summed E-state index contributed by atoms with van der Waals surface area (Å²) >= 11 is 0. The summed E-state index contributed by atoms with van der Waals surface area (Å²) in [6.45, 7) is 9.53. The molecule has 0 bridgehead atoms. The van der Waals surface area contributed by atoms with Crippen LogP contribution in [0, 0.1) is 19.8 Å². The van der Waals surface area contributed by atoms with Gasteiger partial charge in [-0.1, -0.05) is 17.7 Å². The molecular weight excluding hydrogens is 374 g/mol. The highest BCUT2D eigenvalue weighted by Crippen LogP contribution is 2.45. The first kappa shape index (κ1) is 19.9. The van der Waals surface area contributed by atoms with Gasteiger partial charge in [0.2, 0.25) is 0 Å². The van der Waals surface area contributed by atoms with Crippen LogP contribution in [0.5, 0.6) is 0 Å². The zero-order valence-electron chi connectivity index (χ0n) is 17.1. The Bertz CT molecular complexity index is 869. The summed E-state index contributed by atoms with van der Waals surface area (Å²) in [4.78, 5) is 19.4. The molecule has 0 aliphatic carbocycles. The van der Waals surface area contributed by atoms with E-state index < -0.39 is 14.6 Å². The SMILES string of the molecule is Cc1ccc(C(=O)N2CC3(C2)C(CN2CCN(C)CC2)CCS3(=O)=O)c(C)c1. The third-order valence-electron chi connectivity index (χ3n) is 6.99. The average molecular weight is 406 g/mol. The molecule has 6 nitrogen and oxygen atoms in total. The Labute approximate surface area is 168 Å². The van der Waals surface area contributed by atoms with E-state index in [1.54, 1.807) is 4.90 Å². The van der Waals surface area contributed by atoms with Gasteiger partial charge < -0.3 is 14.7 Å². The molecule has 1 aromatic rings. The monoisotopic (exact) mass is 405 g/mol. The molecule has 7 heteroatoms. The van der Waals surface area contributed by atoms with Crippen molar-refractivity contribution in [3.05, 3.63) is 34.9 Å². The van der Waals surface area contributed by atoms with Crippen LogP contribution in [0.25, 0.3) is 0 Å². The maximum Gasteiger partial charge on any atom is 0.254 e. The molecule has 1 aromatic carbocycles. The van der Waals surface area contributed by atoms with Crippen LogP contribution in [0.1, 0.15) is 27.9 Å². The van der Waals surface area contributed by atoms with Crippen LogP contribution < -0.4 is 0 Å². The molecule has 3 fully saturated rings. The van der Waals surface area contributed by atoms with E-state index in [2.05, 4.69) is 16.8 Å². The fourth-order valence-electron chi connectivity index (χ4n) is 5.04. The second kappa shape index (κ2) is 7.11. The first-order valence-corrected chi connectivity index (χ1v) is 11.9. The third-order valence-corrected chi connectivity index (χ3v) is 9.59. The van der Waals surface area contributed by atoms with Crippen molar-refractivity contribution in [1.29, 1.82) is 0 Å². The van der Waals surface area contributed by atoms with Gasteiger partial charge in [0, 0.05) is 51.4 Å². The molecule has 0 saturated carbocycles.